The van der Waals surface area contributed by atoms with Crippen LogP contribution in [-0.4, -0.2) is 46.8 Å². The van der Waals surface area contributed by atoms with Crippen LogP contribution >= 0.6 is 0 Å². The second-order valence-corrected chi connectivity index (χ2v) is 9.55. The van der Waals surface area contributed by atoms with Gasteiger partial charge in [0, 0.05) is 17.6 Å². The lowest BCUT2D eigenvalue weighted by atomic mass is 9.52. The normalized spacial score (nSPS) is 47.6. The first-order valence-electron chi connectivity index (χ1n) is 9.42. The molecule has 5 aliphatic rings. The molecule has 3 aliphatic heterocycles. The number of carbonyl (C=O) groups is 2. The quantitative estimate of drug-likeness (QED) is 0.612. The minimum absolute atomic E-state index is 0.221. The van der Waals surface area contributed by atoms with E-state index in [2.05, 4.69) is 0 Å². The topological polar surface area (TPSA) is 102 Å². The summed E-state index contributed by atoms with van der Waals surface area (Å²) in [4.78, 5) is 24.4. The average Bonchev–Trinajstić information content (AvgIpc) is 3.18. The van der Waals surface area contributed by atoms with E-state index in [9.17, 15) is 19.8 Å². The van der Waals surface area contributed by atoms with Gasteiger partial charge in [-0.05, 0) is 30.8 Å². The van der Waals surface area contributed by atoms with Gasteiger partial charge in [-0.25, -0.2) is 9.59 Å². The van der Waals surface area contributed by atoms with Crippen LogP contribution in [0.25, 0.3) is 0 Å². The fourth-order valence-corrected chi connectivity index (χ4v) is 6.41. The van der Waals surface area contributed by atoms with Crippen LogP contribution < -0.4 is 0 Å². The van der Waals surface area contributed by atoms with Gasteiger partial charge in [-0.1, -0.05) is 20.8 Å². The van der Waals surface area contributed by atoms with Crippen LogP contribution in [0, 0.1) is 22.2 Å². The average molecular weight is 376 g/mol. The van der Waals surface area contributed by atoms with E-state index in [4.69, 9.17) is 14.2 Å². The molecule has 0 aromatic rings. The van der Waals surface area contributed by atoms with Gasteiger partial charge in [0.25, 0.3) is 6.29 Å². The van der Waals surface area contributed by atoms with Crippen molar-refractivity contribution in [1.29, 1.82) is 0 Å². The van der Waals surface area contributed by atoms with E-state index in [0.717, 1.165) is 5.57 Å². The molecule has 2 aliphatic carbocycles. The summed E-state index contributed by atoms with van der Waals surface area (Å²) in [5, 5.41) is 22.3. The van der Waals surface area contributed by atoms with Gasteiger partial charge in [0.15, 0.2) is 6.10 Å². The van der Waals surface area contributed by atoms with E-state index in [1.807, 2.05) is 20.8 Å². The Morgan fingerprint density at radius 1 is 1.15 bits per heavy atom. The third-order valence-corrected chi connectivity index (χ3v) is 7.51. The summed E-state index contributed by atoms with van der Waals surface area (Å²) in [6.45, 7) is 7.79. The van der Waals surface area contributed by atoms with Gasteiger partial charge in [0.1, 0.15) is 11.9 Å². The van der Waals surface area contributed by atoms with Crippen molar-refractivity contribution in [3.8, 4) is 0 Å². The molecule has 0 radical (unpaired) electrons. The number of fused-ring (bicyclic) bond motifs is 1. The van der Waals surface area contributed by atoms with E-state index in [-0.39, 0.29) is 23.7 Å². The van der Waals surface area contributed by atoms with E-state index < -0.39 is 41.4 Å². The minimum Gasteiger partial charge on any atom is -0.458 e. The number of aliphatic hydroxyl groups excluding tert-OH is 2. The molecule has 27 heavy (non-hydrogen) atoms. The first-order valence-corrected chi connectivity index (χ1v) is 9.42. The van der Waals surface area contributed by atoms with Gasteiger partial charge >= 0.3 is 11.9 Å². The molecule has 1 unspecified atom stereocenters. The third-order valence-electron chi connectivity index (χ3n) is 7.51. The summed E-state index contributed by atoms with van der Waals surface area (Å²) in [5.74, 6) is -0.834. The van der Waals surface area contributed by atoms with Crippen LogP contribution in [0.3, 0.4) is 0 Å². The SMILES string of the molecule is CC1=C2C=C3O[C@@H]4OC(=O)[C@H](O)C45[C@H](C(C)(C)C)C[C@H](O)[C@@]35C[C@@H]2OC1=O. The van der Waals surface area contributed by atoms with Crippen molar-refractivity contribution in [3.05, 3.63) is 23.0 Å². The highest BCUT2D eigenvalue weighted by Gasteiger charge is 2.84. The molecule has 5 rings (SSSR count). The smallest absolute Gasteiger partial charge is 0.339 e. The Morgan fingerprint density at radius 2 is 1.85 bits per heavy atom. The summed E-state index contributed by atoms with van der Waals surface area (Å²) in [7, 11) is 0. The zero-order valence-electron chi connectivity index (χ0n) is 15.8. The molecule has 146 valence electrons. The summed E-state index contributed by atoms with van der Waals surface area (Å²) in [6, 6.07) is 0. The van der Waals surface area contributed by atoms with Crippen molar-refractivity contribution in [1.82, 2.24) is 0 Å². The molecule has 0 aromatic heterocycles. The lowest BCUT2D eigenvalue weighted by Crippen LogP contribution is -2.56. The highest BCUT2D eigenvalue weighted by atomic mass is 16.7. The Morgan fingerprint density at radius 3 is 2.52 bits per heavy atom. The number of ether oxygens (including phenoxy) is 3. The summed E-state index contributed by atoms with van der Waals surface area (Å²) >= 11 is 0. The van der Waals surface area contributed by atoms with Gasteiger partial charge in [-0.15, -0.1) is 0 Å². The largest absolute Gasteiger partial charge is 0.458 e. The van der Waals surface area contributed by atoms with Crippen molar-refractivity contribution in [3.63, 3.8) is 0 Å². The fourth-order valence-electron chi connectivity index (χ4n) is 6.41. The molecule has 2 saturated heterocycles. The summed E-state index contributed by atoms with van der Waals surface area (Å²) in [6.07, 6.45) is -1.28. The Bertz CT molecular complexity index is 834. The van der Waals surface area contributed by atoms with E-state index >= 15 is 0 Å². The molecule has 7 nitrogen and oxygen atoms in total. The molecule has 0 amide bonds. The van der Waals surface area contributed by atoms with Gasteiger partial charge < -0.3 is 24.4 Å². The van der Waals surface area contributed by atoms with Crippen molar-refractivity contribution in [2.24, 2.45) is 22.2 Å². The van der Waals surface area contributed by atoms with Crippen molar-refractivity contribution in [2.45, 2.75) is 65.1 Å². The zero-order valence-corrected chi connectivity index (χ0v) is 15.8. The van der Waals surface area contributed by atoms with Crippen LogP contribution in [0.4, 0.5) is 0 Å². The molecule has 2 spiro atoms. The van der Waals surface area contributed by atoms with Crippen LogP contribution in [0.5, 0.6) is 0 Å². The third kappa shape index (κ3) is 1.67. The zero-order chi connectivity index (χ0) is 19.5. The van der Waals surface area contributed by atoms with Gasteiger partial charge in [-0.2, -0.15) is 0 Å². The molecule has 0 bridgehead atoms. The van der Waals surface area contributed by atoms with E-state index in [1.54, 1.807) is 13.0 Å². The lowest BCUT2D eigenvalue weighted by Gasteiger charge is -2.47. The molecular formula is C20H24O7. The second kappa shape index (κ2) is 4.75. The molecule has 0 aromatic carbocycles. The highest BCUT2D eigenvalue weighted by molar-refractivity contribution is 5.92. The minimum atomic E-state index is -1.40. The maximum atomic E-state index is 12.4. The molecule has 7 atom stereocenters. The summed E-state index contributed by atoms with van der Waals surface area (Å²) in [5.41, 5.74) is -1.19. The molecular weight excluding hydrogens is 352 g/mol. The predicted molar refractivity (Wildman–Crippen MR) is 90.7 cm³/mol. The maximum Gasteiger partial charge on any atom is 0.339 e. The molecule has 2 N–H and O–H groups in total. The standard InChI is InChI=1S/C20H24O7/c1-8-9-5-13-19(7-10(9)25-15(8)23)12(21)6-11(18(2,3)4)20(19)14(22)16(24)27-17(20)26-13/h5,10-12,14,17,21-22H,6-7H2,1-4H3/t10-,11-,12-,14-,17+,19-,20?/m0/s1. The Labute approximate surface area is 157 Å². The molecule has 7 heteroatoms. The Kier molecular flexibility index (Phi) is 3.04. The maximum absolute atomic E-state index is 12.4. The predicted octanol–water partition coefficient (Wildman–Crippen LogP) is 1.19. The summed E-state index contributed by atoms with van der Waals surface area (Å²) < 4.78 is 17.0. The van der Waals surface area contributed by atoms with Crippen molar-refractivity contribution in [2.75, 3.05) is 0 Å². The first kappa shape index (κ1) is 17.3. The van der Waals surface area contributed by atoms with Gasteiger partial charge in [0.05, 0.1) is 16.9 Å². The van der Waals surface area contributed by atoms with Crippen LogP contribution in [0.15, 0.2) is 23.0 Å². The number of esters is 2. The second-order valence-electron chi connectivity index (χ2n) is 9.55. The number of hydrogen-bond donors (Lipinski definition) is 2. The van der Waals surface area contributed by atoms with E-state index in [1.165, 1.54) is 0 Å². The highest BCUT2D eigenvalue weighted by Crippen LogP contribution is 2.76. The first-order chi connectivity index (χ1) is 12.5. The van der Waals surface area contributed by atoms with Gasteiger partial charge in [-0.3, -0.25) is 0 Å². The van der Waals surface area contributed by atoms with Crippen molar-refractivity contribution >= 4 is 11.9 Å². The Hall–Kier alpha value is -1.86. The van der Waals surface area contributed by atoms with Gasteiger partial charge in [0.2, 0.25) is 0 Å². The lowest BCUT2D eigenvalue weighted by molar-refractivity contribution is -0.161. The molecule has 1 saturated carbocycles. The number of hydrogen-bond acceptors (Lipinski definition) is 7. The number of carbonyl (C=O) groups excluding carboxylic acids is 2. The van der Waals surface area contributed by atoms with Crippen LogP contribution in [-0.2, 0) is 23.8 Å². The van der Waals surface area contributed by atoms with Crippen molar-refractivity contribution < 1.29 is 34.0 Å². The fraction of sp³-hybridized carbons (Fsp3) is 0.700. The van der Waals surface area contributed by atoms with Crippen LogP contribution in [0.1, 0.15) is 40.5 Å². The number of aliphatic hydroxyl groups is 2. The number of rotatable bonds is 0. The monoisotopic (exact) mass is 376 g/mol. The molecule has 3 heterocycles. The Balaban J connectivity index is 1.77. The molecule has 3 fully saturated rings. The van der Waals surface area contributed by atoms with E-state index in [0.29, 0.717) is 17.8 Å². The van der Waals surface area contributed by atoms with Crippen LogP contribution in [0.2, 0.25) is 0 Å².